The van der Waals surface area contributed by atoms with E-state index < -0.39 is 0 Å². The van der Waals surface area contributed by atoms with Crippen molar-refractivity contribution in [3.8, 4) is 0 Å². The maximum atomic E-state index is 3.83. The monoisotopic (exact) mass is 226 g/mol. The zero-order valence-corrected chi connectivity index (χ0v) is 10.6. The Hall–Kier alpha value is -0.180. The van der Waals surface area contributed by atoms with Gasteiger partial charge in [-0.05, 0) is 24.6 Å². The van der Waals surface area contributed by atoms with Crippen LogP contribution in [0, 0.1) is 0 Å². The van der Waals surface area contributed by atoms with E-state index in [1.807, 2.05) is 24.3 Å². The predicted molar refractivity (Wildman–Crippen MR) is 74.1 cm³/mol. The normalized spacial score (nSPS) is 10.1. The Morgan fingerprint density at radius 1 is 0.571 bits per heavy atom. The lowest BCUT2D eigenvalue weighted by molar-refractivity contribution is 1.66. The molecule has 78 valence electrons. The largest absolute Gasteiger partial charge is 0.103 e. The van der Waals surface area contributed by atoms with Crippen LogP contribution in [0.4, 0.5) is 0 Å². The van der Waals surface area contributed by atoms with Crippen molar-refractivity contribution in [2.24, 2.45) is 0 Å². The van der Waals surface area contributed by atoms with Crippen molar-refractivity contribution in [1.82, 2.24) is 0 Å². The van der Waals surface area contributed by atoms with E-state index in [0.717, 1.165) is 24.6 Å². The summed E-state index contributed by atoms with van der Waals surface area (Å²) in [4.78, 5) is 0. The van der Waals surface area contributed by atoms with Crippen molar-refractivity contribution < 1.29 is 0 Å². The third-order valence-corrected chi connectivity index (χ3v) is 9.64. The molecule has 0 saturated carbocycles. The Balaban J connectivity index is 4.32. The number of allylic oxidation sites excluding steroid dienone is 4. The standard InChI is InChI=1S/C12H20P2/c1-5-9-13(10-6-2)14(11-7-3)12-8-4/h5-8H,1-4,9-12H2. The summed E-state index contributed by atoms with van der Waals surface area (Å²) in [6, 6.07) is 0. The molecule has 0 aromatic rings. The van der Waals surface area contributed by atoms with Crippen molar-refractivity contribution in [3.05, 3.63) is 50.6 Å². The van der Waals surface area contributed by atoms with E-state index in [-0.39, 0.29) is 15.2 Å². The number of rotatable bonds is 9. The van der Waals surface area contributed by atoms with Crippen molar-refractivity contribution >= 4 is 15.2 Å². The summed E-state index contributed by atoms with van der Waals surface area (Å²) < 4.78 is 0. The van der Waals surface area contributed by atoms with E-state index in [1.54, 1.807) is 0 Å². The second-order valence-corrected chi connectivity index (χ2v) is 9.78. The molecule has 0 aliphatic carbocycles. The molecule has 0 N–H and O–H groups in total. The Morgan fingerprint density at radius 2 is 0.786 bits per heavy atom. The summed E-state index contributed by atoms with van der Waals surface area (Å²) in [7, 11) is 0.100. The molecule has 0 aromatic carbocycles. The molecule has 0 spiro atoms. The van der Waals surface area contributed by atoms with Gasteiger partial charge in [0.1, 0.15) is 0 Å². The molecule has 0 aliphatic rings. The Morgan fingerprint density at radius 3 is 0.929 bits per heavy atom. The fourth-order valence-corrected chi connectivity index (χ4v) is 7.78. The maximum Gasteiger partial charge on any atom is -0.0106 e. The minimum atomic E-state index is 0.0501. The zero-order chi connectivity index (χ0) is 10.8. The van der Waals surface area contributed by atoms with Crippen molar-refractivity contribution in [1.29, 1.82) is 0 Å². The van der Waals surface area contributed by atoms with Crippen molar-refractivity contribution in [2.75, 3.05) is 24.6 Å². The van der Waals surface area contributed by atoms with Crippen LogP contribution >= 0.6 is 15.2 Å². The van der Waals surface area contributed by atoms with E-state index in [4.69, 9.17) is 0 Å². The van der Waals surface area contributed by atoms with Crippen LogP contribution in [0.2, 0.25) is 0 Å². The van der Waals surface area contributed by atoms with Crippen LogP contribution in [-0.2, 0) is 0 Å². The third kappa shape index (κ3) is 5.53. The fraction of sp³-hybridized carbons (Fsp3) is 0.333. The van der Waals surface area contributed by atoms with Gasteiger partial charge in [-0.2, -0.15) is 0 Å². The molecule has 0 amide bonds. The van der Waals surface area contributed by atoms with Gasteiger partial charge in [-0.1, -0.05) is 39.5 Å². The topological polar surface area (TPSA) is 0 Å². The van der Waals surface area contributed by atoms with Crippen LogP contribution in [0.5, 0.6) is 0 Å². The summed E-state index contributed by atoms with van der Waals surface area (Å²) >= 11 is 0. The molecule has 0 aromatic heterocycles. The van der Waals surface area contributed by atoms with Gasteiger partial charge in [0.15, 0.2) is 0 Å². The van der Waals surface area contributed by atoms with E-state index in [9.17, 15) is 0 Å². The molecule has 0 heterocycles. The van der Waals surface area contributed by atoms with Crippen LogP contribution < -0.4 is 0 Å². The molecular weight excluding hydrogens is 206 g/mol. The first-order valence-electron chi connectivity index (χ1n) is 4.73. The van der Waals surface area contributed by atoms with E-state index in [2.05, 4.69) is 26.3 Å². The molecule has 0 nitrogen and oxygen atoms in total. The molecule has 0 radical (unpaired) electrons. The molecule has 0 bridgehead atoms. The summed E-state index contributed by atoms with van der Waals surface area (Å²) in [5.74, 6) is 0. The lowest BCUT2D eigenvalue weighted by atomic mass is 10.8. The molecule has 0 atom stereocenters. The molecule has 14 heavy (non-hydrogen) atoms. The highest BCUT2D eigenvalue weighted by molar-refractivity contribution is 8.30. The first-order chi connectivity index (χ1) is 6.79. The van der Waals surface area contributed by atoms with Crippen LogP contribution in [0.15, 0.2) is 50.6 Å². The Labute approximate surface area is 90.9 Å². The zero-order valence-electron chi connectivity index (χ0n) is 8.86. The Bertz CT molecular complexity index is 154. The van der Waals surface area contributed by atoms with E-state index in [1.165, 1.54) is 0 Å². The summed E-state index contributed by atoms with van der Waals surface area (Å²) in [6.07, 6.45) is 12.7. The second-order valence-electron chi connectivity index (χ2n) is 2.90. The Kier molecular flexibility index (Phi) is 9.26. The molecule has 0 rings (SSSR count). The molecule has 2 heteroatoms. The van der Waals surface area contributed by atoms with Gasteiger partial charge >= 0.3 is 0 Å². The van der Waals surface area contributed by atoms with Gasteiger partial charge in [0, 0.05) is 0 Å². The molecular formula is C12H20P2. The van der Waals surface area contributed by atoms with Crippen LogP contribution in [0.1, 0.15) is 0 Å². The average molecular weight is 226 g/mol. The lowest BCUT2D eigenvalue weighted by Gasteiger charge is -2.24. The van der Waals surface area contributed by atoms with Gasteiger partial charge in [0.05, 0.1) is 0 Å². The lowest BCUT2D eigenvalue weighted by Crippen LogP contribution is -1.89. The van der Waals surface area contributed by atoms with Gasteiger partial charge in [-0.25, -0.2) is 0 Å². The van der Waals surface area contributed by atoms with Gasteiger partial charge < -0.3 is 0 Å². The highest BCUT2D eigenvalue weighted by Gasteiger charge is 2.15. The highest BCUT2D eigenvalue weighted by Crippen LogP contribution is 2.68. The van der Waals surface area contributed by atoms with Gasteiger partial charge in [-0.3, -0.25) is 0 Å². The summed E-state index contributed by atoms with van der Waals surface area (Å²) in [5.41, 5.74) is 0. The highest BCUT2D eigenvalue weighted by atomic mass is 32.1. The van der Waals surface area contributed by atoms with Crippen LogP contribution in [-0.4, -0.2) is 24.6 Å². The van der Waals surface area contributed by atoms with E-state index >= 15 is 0 Å². The fourth-order valence-electron chi connectivity index (χ4n) is 1.21. The van der Waals surface area contributed by atoms with Gasteiger partial charge in [0.2, 0.25) is 0 Å². The smallest absolute Gasteiger partial charge is 0.0106 e. The van der Waals surface area contributed by atoms with Crippen molar-refractivity contribution in [3.63, 3.8) is 0 Å². The number of hydrogen-bond acceptors (Lipinski definition) is 0. The quantitative estimate of drug-likeness (QED) is 0.398. The van der Waals surface area contributed by atoms with Crippen LogP contribution in [0.25, 0.3) is 0 Å². The average Bonchev–Trinajstić information content (AvgIpc) is 2.17. The molecule has 0 aliphatic heterocycles. The molecule has 0 unspecified atom stereocenters. The summed E-state index contributed by atoms with van der Waals surface area (Å²) in [5, 5.41) is 0. The predicted octanol–water partition coefficient (Wildman–Crippen LogP) is 4.61. The van der Waals surface area contributed by atoms with Gasteiger partial charge in [0.25, 0.3) is 0 Å². The van der Waals surface area contributed by atoms with Crippen LogP contribution in [0.3, 0.4) is 0 Å². The maximum absolute atomic E-state index is 3.83. The SMILES string of the molecule is C=CCP(CC=C)P(CC=C)CC=C. The number of hydrogen-bond donors (Lipinski definition) is 0. The minimum Gasteiger partial charge on any atom is -0.103 e. The van der Waals surface area contributed by atoms with Gasteiger partial charge in [-0.15, -0.1) is 26.3 Å². The first-order valence-corrected chi connectivity index (χ1v) is 8.86. The first kappa shape index (κ1) is 13.8. The summed E-state index contributed by atoms with van der Waals surface area (Å²) in [6.45, 7) is 15.3. The molecule has 0 fully saturated rings. The van der Waals surface area contributed by atoms with E-state index in [0.29, 0.717) is 0 Å². The third-order valence-electron chi connectivity index (χ3n) is 1.76. The van der Waals surface area contributed by atoms with Crippen molar-refractivity contribution in [2.45, 2.75) is 0 Å². The second kappa shape index (κ2) is 9.38. The molecule has 0 saturated heterocycles. The minimum absolute atomic E-state index is 0.0501.